The topological polar surface area (TPSA) is 94.7 Å². The van der Waals surface area contributed by atoms with Gasteiger partial charge in [-0.05, 0) is 6.42 Å². The summed E-state index contributed by atoms with van der Waals surface area (Å²) in [6.07, 6.45) is 2.20. The van der Waals surface area contributed by atoms with E-state index in [4.69, 9.17) is 4.74 Å². The Hall–Kier alpha value is -1.23. The highest BCUT2D eigenvalue weighted by atomic mass is 32.2. The van der Waals surface area contributed by atoms with Gasteiger partial charge in [0, 0.05) is 45.9 Å². The molecule has 0 atom stereocenters. The maximum absolute atomic E-state index is 12.6. The van der Waals surface area contributed by atoms with E-state index in [9.17, 15) is 8.42 Å². The number of hydrogen-bond acceptors (Lipinski definition) is 6. The molecule has 1 aromatic rings. The van der Waals surface area contributed by atoms with Gasteiger partial charge in [-0.2, -0.15) is 27.1 Å². The number of nitrogens with zero attached hydrogens (tertiary/aromatic N) is 5. The highest BCUT2D eigenvalue weighted by Gasteiger charge is 2.33. The van der Waals surface area contributed by atoms with Gasteiger partial charge >= 0.3 is 0 Å². The van der Waals surface area contributed by atoms with E-state index in [2.05, 4.69) is 15.2 Å². The SMILES string of the molecule is O=S(=O)(N1CCCOCC1)N1CCN(c2ncn[nH]2)CC1. The summed E-state index contributed by atoms with van der Waals surface area (Å²) in [6.45, 7) is 4.20. The first kappa shape index (κ1) is 14.7. The van der Waals surface area contributed by atoms with Gasteiger partial charge in [0.1, 0.15) is 6.33 Å². The first-order valence-electron chi connectivity index (χ1n) is 7.11. The van der Waals surface area contributed by atoms with E-state index in [0.29, 0.717) is 58.4 Å². The molecule has 2 saturated heterocycles. The van der Waals surface area contributed by atoms with Gasteiger partial charge in [-0.25, -0.2) is 5.10 Å². The molecule has 10 heteroatoms. The Balaban J connectivity index is 1.62. The Labute approximate surface area is 124 Å². The van der Waals surface area contributed by atoms with Crippen LogP contribution in [-0.4, -0.2) is 84.7 Å². The lowest BCUT2D eigenvalue weighted by Gasteiger charge is -2.36. The molecule has 0 amide bonds. The third-order valence-electron chi connectivity index (χ3n) is 3.77. The normalized spacial score (nSPS) is 23.1. The fourth-order valence-corrected chi connectivity index (χ4v) is 4.22. The third kappa shape index (κ3) is 3.18. The summed E-state index contributed by atoms with van der Waals surface area (Å²) in [5, 5.41) is 6.62. The predicted molar refractivity (Wildman–Crippen MR) is 76.1 cm³/mol. The van der Waals surface area contributed by atoms with Crippen molar-refractivity contribution < 1.29 is 13.2 Å². The van der Waals surface area contributed by atoms with Gasteiger partial charge in [-0.15, -0.1) is 0 Å². The predicted octanol–water partition coefficient (Wildman–Crippen LogP) is -1.11. The van der Waals surface area contributed by atoms with E-state index < -0.39 is 10.2 Å². The summed E-state index contributed by atoms with van der Waals surface area (Å²) in [6, 6.07) is 0. The van der Waals surface area contributed by atoms with Crippen LogP contribution in [0.3, 0.4) is 0 Å². The van der Waals surface area contributed by atoms with Crippen LogP contribution in [0.4, 0.5) is 5.95 Å². The molecular weight excluding hydrogens is 296 g/mol. The average molecular weight is 316 g/mol. The van der Waals surface area contributed by atoms with Crippen molar-refractivity contribution in [1.82, 2.24) is 23.8 Å². The number of nitrogens with one attached hydrogen (secondary N) is 1. The van der Waals surface area contributed by atoms with Crippen LogP contribution >= 0.6 is 0 Å². The lowest BCUT2D eigenvalue weighted by molar-refractivity contribution is 0.147. The Morgan fingerprint density at radius 1 is 1.05 bits per heavy atom. The van der Waals surface area contributed by atoms with E-state index in [1.54, 1.807) is 4.31 Å². The summed E-state index contributed by atoms with van der Waals surface area (Å²) in [4.78, 5) is 6.10. The number of aromatic nitrogens is 3. The first-order valence-corrected chi connectivity index (χ1v) is 8.51. The fourth-order valence-electron chi connectivity index (χ4n) is 2.60. The van der Waals surface area contributed by atoms with Crippen molar-refractivity contribution in [2.45, 2.75) is 6.42 Å². The van der Waals surface area contributed by atoms with Crippen LogP contribution < -0.4 is 4.90 Å². The minimum atomic E-state index is -3.39. The van der Waals surface area contributed by atoms with Gasteiger partial charge in [0.15, 0.2) is 0 Å². The van der Waals surface area contributed by atoms with Crippen molar-refractivity contribution in [2.24, 2.45) is 0 Å². The number of aromatic amines is 1. The number of H-pyrrole nitrogens is 1. The van der Waals surface area contributed by atoms with Crippen LogP contribution in [0.25, 0.3) is 0 Å². The van der Waals surface area contributed by atoms with Crippen molar-refractivity contribution in [3.8, 4) is 0 Å². The Bertz CT molecular complexity index is 532. The lowest BCUT2D eigenvalue weighted by Crippen LogP contribution is -2.53. The largest absolute Gasteiger partial charge is 0.380 e. The minimum absolute atomic E-state index is 0.435. The van der Waals surface area contributed by atoms with Gasteiger partial charge in [-0.1, -0.05) is 0 Å². The summed E-state index contributed by atoms with van der Waals surface area (Å²) >= 11 is 0. The Kier molecular flexibility index (Phi) is 4.38. The zero-order valence-corrected chi connectivity index (χ0v) is 12.6. The molecule has 2 fully saturated rings. The second kappa shape index (κ2) is 6.26. The van der Waals surface area contributed by atoms with Crippen molar-refractivity contribution in [3.63, 3.8) is 0 Å². The number of rotatable bonds is 3. The van der Waals surface area contributed by atoms with E-state index in [1.165, 1.54) is 10.6 Å². The molecule has 1 N–H and O–H groups in total. The molecule has 0 radical (unpaired) electrons. The molecule has 0 unspecified atom stereocenters. The molecule has 118 valence electrons. The Morgan fingerprint density at radius 3 is 2.52 bits per heavy atom. The zero-order valence-electron chi connectivity index (χ0n) is 11.8. The lowest BCUT2D eigenvalue weighted by atomic mass is 10.4. The van der Waals surface area contributed by atoms with Crippen LogP contribution in [-0.2, 0) is 14.9 Å². The average Bonchev–Trinajstić information content (AvgIpc) is 2.89. The summed E-state index contributed by atoms with van der Waals surface area (Å²) in [5.74, 6) is 0.690. The molecule has 2 aliphatic heterocycles. The molecule has 3 heterocycles. The van der Waals surface area contributed by atoms with Crippen molar-refractivity contribution in [2.75, 3.05) is 57.4 Å². The minimum Gasteiger partial charge on any atom is -0.380 e. The monoisotopic (exact) mass is 316 g/mol. The molecule has 0 aliphatic carbocycles. The smallest absolute Gasteiger partial charge is 0.282 e. The molecule has 0 bridgehead atoms. The third-order valence-corrected chi connectivity index (χ3v) is 5.81. The quantitative estimate of drug-likeness (QED) is 0.760. The van der Waals surface area contributed by atoms with E-state index in [1.807, 2.05) is 4.90 Å². The molecule has 0 saturated carbocycles. The molecule has 9 nitrogen and oxygen atoms in total. The summed E-state index contributed by atoms with van der Waals surface area (Å²) in [5.41, 5.74) is 0. The Morgan fingerprint density at radius 2 is 1.81 bits per heavy atom. The van der Waals surface area contributed by atoms with Gasteiger partial charge < -0.3 is 9.64 Å². The molecule has 2 aliphatic rings. The van der Waals surface area contributed by atoms with Gasteiger partial charge in [0.2, 0.25) is 5.95 Å². The fraction of sp³-hybridized carbons (Fsp3) is 0.818. The number of hydrogen-bond donors (Lipinski definition) is 1. The molecule has 21 heavy (non-hydrogen) atoms. The van der Waals surface area contributed by atoms with E-state index in [0.717, 1.165) is 6.42 Å². The zero-order chi connectivity index (χ0) is 14.7. The van der Waals surface area contributed by atoms with Gasteiger partial charge in [-0.3, -0.25) is 0 Å². The van der Waals surface area contributed by atoms with Crippen molar-refractivity contribution in [3.05, 3.63) is 6.33 Å². The molecule has 0 spiro atoms. The van der Waals surface area contributed by atoms with Crippen LogP contribution in [0.2, 0.25) is 0 Å². The first-order chi connectivity index (χ1) is 10.2. The van der Waals surface area contributed by atoms with E-state index in [-0.39, 0.29) is 0 Å². The number of piperazine rings is 1. The van der Waals surface area contributed by atoms with Crippen LogP contribution in [0.15, 0.2) is 6.33 Å². The maximum Gasteiger partial charge on any atom is 0.282 e. The van der Waals surface area contributed by atoms with Crippen LogP contribution in [0, 0.1) is 0 Å². The van der Waals surface area contributed by atoms with Gasteiger partial charge in [0.25, 0.3) is 10.2 Å². The molecule has 3 rings (SSSR count). The second-order valence-corrected chi connectivity index (χ2v) is 7.00. The maximum atomic E-state index is 12.6. The van der Waals surface area contributed by atoms with Crippen molar-refractivity contribution in [1.29, 1.82) is 0 Å². The van der Waals surface area contributed by atoms with Crippen LogP contribution in [0.1, 0.15) is 6.42 Å². The number of anilines is 1. The van der Waals surface area contributed by atoms with Gasteiger partial charge in [0.05, 0.1) is 6.61 Å². The van der Waals surface area contributed by atoms with Crippen molar-refractivity contribution >= 4 is 16.2 Å². The molecule has 1 aromatic heterocycles. The highest BCUT2D eigenvalue weighted by molar-refractivity contribution is 7.86. The summed E-state index contributed by atoms with van der Waals surface area (Å²) < 4.78 is 33.7. The highest BCUT2D eigenvalue weighted by Crippen LogP contribution is 2.16. The van der Waals surface area contributed by atoms with E-state index >= 15 is 0 Å². The molecule has 0 aromatic carbocycles. The summed E-state index contributed by atoms with van der Waals surface area (Å²) in [7, 11) is -3.39. The number of ether oxygens (including phenoxy) is 1. The standard InChI is InChI=1S/C11H20N6O3S/c18-21(19,16-2-1-8-20-9-7-16)17-5-3-15(4-6-17)11-12-10-13-14-11/h10H,1-9H2,(H,12,13,14). The van der Waals surface area contributed by atoms with Crippen LogP contribution in [0.5, 0.6) is 0 Å². The molecular formula is C11H20N6O3S. The second-order valence-electron chi connectivity index (χ2n) is 5.07.